The maximum atomic E-state index is 12.2. The minimum Gasteiger partial charge on any atom is -0.478 e. The van der Waals surface area contributed by atoms with Crippen molar-refractivity contribution < 1.29 is 14.7 Å². The normalized spacial score (nSPS) is 10.2. The number of rotatable bonds is 3. The lowest BCUT2D eigenvalue weighted by atomic mass is 10.1. The molecule has 2 aromatic rings. The van der Waals surface area contributed by atoms with Crippen molar-refractivity contribution in [1.82, 2.24) is 0 Å². The molecule has 4 nitrogen and oxygen atoms in total. The van der Waals surface area contributed by atoms with Gasteiger partial charge in [0, 0.05) is 14.5 Å². The molecule has 21 heavy (non-hydrogen) atoms. The van der Waals surface area contributed by atoms with Gasteiger partial charge in [-0.3, -0.25) is 4.79 Å². The monoisotopic (exact) mass is 411 g/mol. The molecule has 0 saturated heterocycles. The van der Waals surface area contributed by atoms with E-state index in [-0.39, 0.29) is 17.2 Å². The first-order valence-corrected chi connectivity index (χ1v) is 7.57. The fraction of sp³-hybridized carbons (Fsp3) is 0.0667. The Morgan fingerprint density at radius 3 is 2.24 bits per heavy atom. The summed E-state index contributed by atoms with van der Waals surface area (Å²) < 4.78 is 1.51. The SMILES string of the molecule is Cc1ccc(NC(=O)c2cc(Br)cc(Br)c2)c(C(=O)O)c1. The summed E-state index contributed by atoms with van der Waals surface area (Å²) in [6.45, 7) is 1.80. The molecular weight excluding hydrogens is 402 g/mol. The Morgan fingerprint density at radius 1 is 1.05 bits per heavy atom. The van der Waals surface area contributed by atoms with E-state index >= 15 is 0 Å². The molecule has 0 fully saturated rings. The Morgan fingerprint density at radius 2 is 1.67 bits per heavy atom. The van der Waals surface area contributed by atoms with Gasteiger partial charge < -0.3 is 10.4 Å². The largest absolute Gasteiger partial charge is 0.478 e. The van der Waals surface area contributed by atoms with Crippen LogP contribution in [0.15, 0.2) is 45.3 Å². The minimum atomic E-state index is -1.08. The van der Waals surface area contributed by atoms with Crippen LogP contribution in [0.3, 0.4) is 0 Å². The van der Waals surface area contributed by atoms with E-state index < -0.39 is 5.97 Å². The fourth-order valence-corrected chi connectivity index (χ4v) is 3.12. The molecule has 0 radical (unpaired) electrons. The van der Waals surface area contributed by atoms with E-state index in [1.165, 1.54) is 6.07 Å². The first-order chi connectivity index (χ1) is 9.86. The molecule has 0 aliphatic rings. The van der Waals surface area contributed by atoms with Gasteiger partial charge >= 0.3 is 5.97 Å². The van der Waals surface area contributed by atoms with Crippen LogP contribution in [-0.4, -0.2) is 17.0 Å². The number of anilines is 1. The molecule has 0 heterocycles. The topological polar surface area (TPSA) is 66.4 Å². The van der Waals surface area contributed by atoms with E-state index in [1.807, 2.05) is 6.07 Å². The molecule has 0 unspecified atom stereocenters. The number of carboxylic acids is 1. The average molecular weight is 413 g/mol. The highest BCUT2D eigenvalue weighted by molar-refractivity contribution is 9.11. The van der Waals surface area contributed by atoms with Gasteiger partial charge in [0.2, 0.25) is 0 Å². The summed E-state index contributed by atoms with van der Waals surface area (Å²) in [5.41, 5.74) is 1.58. The summed E-state index contributed by atoms with van der Waals surface area (Å²) >= 11 is 6.62. The maximum absolute atomic E-state index is 12.2. The highest BCUT2D eigenvalue weighted by atomic mass is 79.9. The van der Waals surface area contributed by atoms with E-state index in [0.29, 0.717) is 5.56 Å². The molecule has 0 aromatic heterocycles. The smallest absolute Gasteiger partial charge is 0.337 e. The zero-order chi connectivity index (χ0) is 15.6. The molecule has 0 aliphatic heterocycles. The zero-order valence-electron chi connectivity index (χ0n) is 11.0. The number of carboxylic acid groups (broad SMARTS) is 1. The number of hydrogen-bond acceptors (Lipinski definition) is 2. The van der Waals surface area contributed by atoms with Crippen LogP contribution in [0.2, 0.25) is 0 Å². The van der Waals surface area contributed by atoms with Gasteiger partial charge in [-0.1, -0.05) is 43.5 Å². The van der Waals surface area contributed by atoms with Crippen LogP contribution >= 0.6 is 31.9 Å². The Kier molecular flexibility index (Phi) is 4.80. The molecule has 108 valence electrons. The van der Waals surface area contributed by atoms with Crippen LogP contribution in [0.4, 0.5) is 5.69 Å². The molecule has 1 amide bonds. The van der Waals surface area contributed by atoms with Gasteiger partial charge in [-0.05, 0) is 37.3 Å². The van der Waals surface area contributed by atoms with Crippen LogP contribution < -0.4 is 5.32 Å². The Hall–Kier alpha value is -1.66. The van der Waals surface area contributed by atoms with Crippen molar-refractivity contribution in [3.8, 4) is 0 Å². The summed E-state index contributed by atoms with van der Waals surface area (Å²) in [6.07, 6.45) is 0. The third-order valence-corrected chi connectivity index (χ3v) is 3.69. The third-order valence-electron chi connectivity index (χ3n) is 2.78. The van der Waals surface area contributed by atoms with E-state index in [9.17, 15) is 14.7 Å². The minimum absolute atomic E-state index is 0.0670. The second kappa shape index (κ2) is 6.41. The predicted molar refractivity (Wildman–Crippen MR) is 87.9 cm³/mol. The van der Waals surface area contributed by atoms with Gasteiger partial charge in [0.25, 0.3) is 5.91 Å². The highest BCUT2D eigenvalue weighted by Crippen LogP contribution is 2.22. The summed E-state index contributed by atoms with van der Waals surface area (Å²) in [5.74, 6) is -1.45. The van der Waals surface area contributed by atoms with Gasteiger partial charge in [0.05, 0.1) is 11.3 Å². The molecule has 0 spiro atoms. The van der Waals surface area contributed by atoms with Crippen LogP contribution in [0.1, 0.15) is 26.3 Å². The van der Waals surface area contributed by atoms with Crippen molar-refractivity contribution in [3.63, 3.8) is 0 Å². The van der Waals surface area contributed by atoms with Crippen molar-refractivity contribution in [2.75, 3.05) is 5.32 Å². The van der Waals surface area contributed by atoms with E-state index in [1.54, 1.807) is 31.2 Å². The lowest BCUT2D eigenvalue weighted by Gasteiger charge is -2.10. The number of hydrogen-bond donors (Lipinski definition) is 2. The fourth-order valence-electron chi connectivity index (χ4n) is 1.82. The van der Waals surface area contributed by atoms with Crippen molar-refractivity contribution in [2.45, 2.75) is 6.92 Å². The van der Waals surface area contributed by atoms with Gasteiger partial charge in [-0.2, -0.15) is 0 Å². The number of amides is 1. The van der Waals surface area contributed by atoms with Gasteiger partial charge in [0.15, 0.2) is 0 Å². The van der Waals surface area contributed by atoms with Crippen molar-refractivity contribution >= 4 is 49.4 Å². The summed E-state index contributed by atoms with van der Waals surface area (Å²) in [7, 11) is 0. The van der Waals surface area contributed by atoms with Crippen LogP contribution in [0, 0.1) is 6.92 Å². The van der Waals surface area contributed by atoms with Crippen molar-refractivity contribution in [2.24, 2.45) is 0 Å². The number of carbonyl (C=O) groups is 2. The van der Waals surface area contributed by atoms with E-state index in [2.05, 4.69) is 37.2 Å². The van der Waals surface area contributed by atoms with Crippen LogP contribution in [0.25, 0.3) is 0 Å². The number of carbonyl (C=O) groups excluding carboxylic acids is 1. The summed E-state index contributed by atoms with van der Waals surface area (Å²) in [5, 5.41) is 11.8. The molecule has 2 rings (SSSR count). The standard InChI is InChI=1S/C15H11Br2NO3/c1-8-2-3-13(12(4-8)15(20)21)18-14(19)9-5-10(16)7-11(17)6-9/h2-7H,1H3,(H,18,19)(H,20,21). The molecule has 0 bridgehead atoms. The molecule has 6 heteroatoms. The molecular formula is C15H11Br2NO3. The highest BCUT2D eigenvalue weighted by Gasteiger charge is 2.14. The lowest BCUT2D eigenvalue weighted by molar-refractivity contribution is 0.0698. The average Bonchev–Trinajstić information content (AvgIpc) is 2.39. The quantitative estimate of drug-likeness (QED) is 0.781. The molecule has 0 aliphatic carbocycles. The Bertz CT molecular complexity index is 709. The van der Waals surface area contributed by atoms with Crippen LogP contribution in [0.5, 0.6) is 0 Å². The number of benzene rings is 2. The van der Waals surface area contributed by atoms with Gasteiger partial charge in [0.1, 0.15) is 0 Å². The van der Waals surface area contributed by atoms with Gasteiger partial charge in [-0.15, -0.1) is 0 Å². The zero-order valence-corrected chi connectivity index (χ0v) is 14.2. The van der Waals surface area contributed by atoms with E-state index in [0.717, 1.165) is 14.5 Å². The predicted octanol–water partition coefficient (Wildman–Crippen LogP) is 4.47. The second-order valence-corrected chi connectivity index (χ2v) is 6.30. The van der Waals surface area contributed by atoms with E-state index in [4.69, 9.17) is 0 Å². The number of nitrogens with one attached hydrogen (secondary N) is 1. The van der Waals surface area contributed by atoms with Crippen molar-refractivity contribution in [3.05, 3.63) is 62.0 Å². The lowest BCUT2D eigenvalue weighted by Crippen LogP contribution is -2.15. The number of halogens is 2. The third kappa shape index (κ3) is 3.92. The summed E-state index contributed by atoms with van der Waals surface area (Å²) in [6, 6.07) is 9.99. The molecule has 0 atom stereocenters. The first-order valence-electron chi connectivity index (χ1n) is 5.98. The van der Waals surface area contributed by atoms with Gasteiger partial charge in [-0.25, -0.2) is 4.79 Å². The second-order valence-electron chi connectivity index (χ2n) is 4.47. The summed E-state index contributed by atoms with van der Waals surface area (Å²) in [4.78, 5) is 23.5. The maximum Gasteiger partial charge on any atom is 0.337 e. The number of aryl methyl sites for hydroxylation is 1. The van der Waals surface area contributed by atoms with Crippen molar-refractivity contribution in [1.29, 1.82) is 0 Å². The first kappa shape index (κ1) is 15.7. The van der Waals surface area contributed by atoms with Crippen LogP contribution in [-0.2, 0) is 0 Å². The number of aromatic carboxylic acids is 1. The molecule has 2 aromatic carbocycles. The Labute approximate surface area is 138 Å². The molecule has 0 saturated carbocycles. The molecule has 2 N–H and O–H groups in total. The Balaban J connectivity index is 2.33.